The zero-order valence-electron chi connectivity index (χ0n) is 14.1. The predicted molar refractivity (Wildman–Crippen MR) is 90.4 cm³/mol. The first kappa shape index (κ1) is 18.8. The third kappa shape index (κ3) is 5.89. The quantitative estimate of drug-likeness (QED) is 0.845. The molecule has 1 amide bonds. The normalized spacial score (nSPS) is 14.7. The lowest BCUT2D eigenvalue weighted by molar-refractivity contribution is 0.0897. The molecule has 0 radical (unpaired) electrons. The highest BCUT2D eigenvalue weighted by atomic mass is 32.2. The first-order valence-electron chi connectivity index (χ1n) is 7.56. The third-order valence-corrected chi connectivity index (χ3v) is 4.78. The van der Waals surface area contributed by atoms with Gasteiger partial charge >= 0.3 is 0 Å². The summed E-state index contributed by atoms with van der Waals surface area (Å²) in [5.41, 5.74) is 0.537. The van der Waals surface area contributed by atoms with Gasteiger partial charge in [-0.25, -0.2) is 0 Å². The number of aliphatic hydroxyl groups excluding tert-OH is 1. The Balaban J connectivity index is 2.75. The van der Waals surface area contributed by atoms with Gasteiger partial charge in [0.05, 0.1) is 23.4 Å². The highest BCUT2D eigenvalue weighted by molar-refractivity contribution is 7.85. The van der Waals surface area contributed by atoms with E-state index in [2.05, 4.69) is 26.1 Å². The van der Waals surface area contributed by atoms with Crippen molar-refractivity contribution < 1.29 is 14.1 Å². The number of nitrogens with one attached hydrogen (secondary N) is 1. The zero-order valence-corrected chi connectivity index (χ0v) is 14.9. The number of rotatable bonds is 6. The Morgan fingerprint density at radius 1 is 1.23 bits per heavy atom. The van der Waals surface area contributed by atoms with Crippen LogP contribution in [0.3, 0.4) is 0 Å². The fourth-order valence-corrected chi connectivity index (χ4v) is 3.13. The Morgan fingerprint density at radius 2 is 1.77 bits per heavy atom. The molecule has 0 bridgehead atoms. The number of hydrogen-bond acceptors (Lipinski definition) is 3. The van der Waals surface area contributed by atoms with E-state index in [4.69, 9.17) is 0 Å². The fourth-order valence-electron chi connectivity index (χ4n) is 2.18. The molecule has 0 aliphatic carbocycles. The van der Waals surface area contributed by atoms with Crippen molar-refractivity contribution in [1.82, 2.24) is 5.32 Å². The van der Waals surface area contributed by atoms with Crippen molar-refractivity contribution >= 4 is 16.7 Å². The molecule has 22 heavy (non-hydrogen) atoms. The zero-order chi connectivity index (χ0) is 16.9. The van der Waals surface area contributed by atoms with E-state index in [1.165, 1.54) is 0 Å². The summed E-state index contributed by atoms with van der Waals surface area (Å²) in [5.74, 6) is -0.217. The number of benzene rings is 1. The molecule has 5 heteroatoms. The average molecular weight is 325 g/mol. The molecule has 0 aliphatic rings. The number of aliphatic hydroxyl groups is 1. The summed E-state index contributed by atoms with van der Waals surface area (Å²) in [4.78, 5) is 12.9. The van der Waals surface area contributed by atoms with Crippen LogP contribution in [0, 0.1) is 5.41 Å². The molecule has 2 N–H and O–H groups in total. The first-order valence-corrected chi connectivity index (χ1v) is 8.77. The average Bonchev–Trinajstić information content (AvgIpc) is 2.44. The highest BCUT2D eigenvalue weighted by Crippen LogP contribution is 2.21. The molecule has 4 nitrogen and oxygen atoms in total. The van der Waals surface area contributed by atoms with Crippen molar-refractivity contribution in [2.24, 2.45) is 5.41 Å². The Bertz CT molecular complexity index is 518. The second kappa shape index (κ2) is 7.88. The Labute approximate surface area is 135 Å². The monoisotopic (exact) mass is 325 g/mol. The maximum atomic E-state index is 12.2. The van der Waals surface area contributed by atoms with E-state index in [1.807, 2.05) is 13.8 Å². The van der Waals surface area contributed by atoms with Crippen LogP contribution in [0.4, 0.5) is 0 Å². The van der Waals surface area contributed by atoms with Crippen molar-refractivity contribution in [3.63, 3.8) is 0 Å². The molecule has 0 saturated carbocycles. The van der Waals surface area contributed by atoms with E-state index in [1.54, 1.807) is 24.3 Å². The van der Waals surface area contributed by atoms with Crippen LogP contribution in [0.15, 0.2) is 29.2 Å². The van der Waals surface area contributed by atoms with Crippen LogP contribution in [0.2, 0.25) is 0 Å². The lowest BCUT2D eigenvalue weighted by Gasteiger charge is -2.25. The molecular weight excluding hydrogens is 298 g/mol. The number of carbonyl (C=O) groups is 1. The second-order valence-electron chi connectivity index (χ2n) is 6.99. The van der Waals surface area contributed by atoms with Gasteiger partial charge in [0.1, 0.15) is 0 Å². The number of hydrogen-bond donors (Lipinski definition) is 2. The summed E-state index contributed by atoms with van der Waals surface area (Å²) in [6.07, 6.45) is 0.699. The molecule has 1 aromatic carbocycles. The predicted octanol–water partition coefficient (Wildman–Crippen LogP) is 2.73. The second-order valence-corrected chi connectivity index (χ2v) is 9.00. The summed E-state index contributed by atoms with van der Waals surface area (Å²) in [6.45, 7) is 9.91. The van der Waals surface area contributed by atoms with Crippen LogP contribution < -0.4 is 5.32 Å². The van der Waals surface area contributed by atoms with Crippen LogP contribution in [0.5, 0.6) is 0 Å². The molecule has 1 aromatic rings. The molecule has 0 saturated heterocycles. The van der Waals surface area contributed by atoms with Crippen LogP contribution in [-0.4, -0.2) is 33.1 Å². The minimum absolute atomic E-state index is 0.0265. The molecular formula is C17H27NO3S. The van der Waals surface area contributed by atoms with Crippen LogP contribution >= 0.6 is 0 Å². The number of amides is 1. The van der Waals surface area contributed by atoms with Crippen molar-refractivity contribution in [3.05, 3.63) is 29.8 Å². The fraction of sp³-hybridized carbons (Fsp3) is 0.588. The van der Waals surface area contributed by atoms with E-state index >= 15 is 0 Å². The van der Waals surface area contributed by atoms with E-state index in [9.17, 15) is 14.1 Å². The Morgan fingerprint density at radius 3 is 2.18 bits per heavy atom. The minimum atomic E-state index is -1.05. The van der Waals surface area contributed by atoms with Crippen LogP contribution in [0.25, 0.3) is 0 Å². The lowest BCUT2D eigenvalue weighted by atomic mass is 9.88. The van der Waals surface area contributed by atoms with Gasteiger partial charge in [-0.3, -0.25) is 9.00 Å². The van der Waals surface area contributed by atoms with Gasteiger partial charge in [0.2, 0.25) is 0 Å². The van der Waals surface area contributed by atoms with Gasteiger partial charge in [-0.15, -0.1) is 0 Å². The maximum absolute atomic E-state index is 12.2. The van der Waals surface area contributed by atoms with Crippen molar-refractivity contribution in [1.29, 1.82) is 0 Å². The molecule has 1 rings (SSSR count). The lowest BCUT2D eigenvalue weighted by Crippen LogP contribution is -2.40. The van der Waals surface area contributed by atoms with Gasteiger partial charge in [-0.05, 0) is 36.1 Å². The molecule has 2 unspecified atom stereocenters. The van der Waals surface area contributed by atoms with Crippen molar-refractivity contribution in [2.75, 3.05) is 6.61 Å². The molecule has 2 atom stereocenters. The molecule has 0 spiro atoms. The standard InChI is InChI=1S/C17H27NO3S/c1-12(2)22(21)15-8-6-13(7-9-15)16(20)18-14(11-19)10-17(3,4)5/h6-9,12,14,19H,10-11H2,1-5H3,(H,18,20). The molecule has 0 heterocycles. The van der Waals surface area contributed by atoms with Gasteiger partial charge in [0.25, 0.3) is 5.91 Å². The minimum Gasteiger partial charge on any atom is -0.394 e. The molecule has 124 valence electrons. The van der Waals surface area contributed by atoms with E-state index in [0.29, 0.717) is 12.0 Å². The highest BCUT2D eigenvalue weighted by Gasteiger charge is 2.20. The van der Waals surface area contributed by atoms with Gasteiger partial charge < -0.3 is 10.4 Å². The first-order chi connectivity index (χ1) is 10.1. The Kier molecular flexibility index (Phi) is 6.75. The SMILES string of the molecule is CC(C)S(=O)c1ccc(C(=O)NC(CO)CC(C)(C)C)cc1. The molecule has 0 aliphatic heterocycles. The smallest absolute Gasteiger partial charge is 0.251 e. The Hall–Kier alpha value is -1.20. The maximum Gasteiger partial charge on any atom is 0.251 e. The van der Waals surface area contributed by atoms with Gasteiger partial charge in [0.15, 0.2) is 0 Å². The third-order valence-electron chi connectivity index (χ3n) is 3.19. The summed E-state index contributed by atoms with van der Waals surface area (Å²) >= 11 is 0. The molecule has 0 aromatic heterocycles. The van der Waals surface area contributed by atoms with E-state index < -0.39 is 10.8 Å². The topological polar surface area (TPSA) is 66.4 Å². The van der Waals surface area contributed by atoms with E-state index in [0.717, 1.165) is 4.90 Å². The van der Waals surface area contributed by atoms with Gasteiger partial charge in [-0.2, -0.15) is 0 Å². The van der Waals surface area contributed by atoms with Crippen LogP contribution in [-0.2, 0) is 10.8 Å². The van der Waals surface area contributed by atoms with Crippen molar-refractivity contribution in [3.8, 4) is 0 Å². The van der Waals surface area contributed by atoms with Gasteiger partial charge in [0, 0.05) is 15.7 Å². The largest absolute Gasteiger partial charge is 0.394 e. The van der Waals surface area contributed by atoms with E-state index in [-0.39, 0.29) is 29.2 Å². The summed E-state index contributed by atoms with van der Waals surface area (Å²) in [6, 6.07) is 6.54. The molecule has 0 fully saturated rings. The number of carbonyl (C=O) groups excluding carboxylic acids is 1. The summed E-state index contributed by atoms with van der Waals surface area (Å²) in [5, 5.41) is 12.3. The summed E-state index contributed by atoms with van der Waals surface area (Å²) < 4.78 is 12.0. The van der Waals surface area contributed by atoms with Crippen molar-refractivity contribution in [2.45, 2.75) is 57.2 Å². The van der Waals surface area contributed by atoms with Gasteiger partial charge in [-0.1, -0.05) is 34.6 Å². The van der Waals surface area contributed by atoms with Crippen LogP contribution in [0.1, 0.15) is 51.4 Å². The summed E-state index contributed by atoms with van der Waals surface area (Å²) in [7, 11) is -1.05.